The molecule has 0 aromatic rings. The Morgan fingerprint density at radius 1 is 0.361 bits per heavy atom. The highest BCUT2D eigenvalue weighted by Crippen LogP contribution is 2.16. The van der Waals surface area contributed by atoms with E-state index in [9.17, 15) is 19.5 Å². The first kappa shape index (κ1) is 78.4. The molecule has 0 aromatic heterocycles. The van der Waals surface area contributed by atoms with E-state index in [0.29, 0.717) is 17.4 Å². The molecule has 0 fully saturated rings. The summed E-state index contributed by atoms with van der Waals surface area (Å²) in [6, 6.07) is 0. The molecule has 1 N–H and O–H groups in total. The van der Waals surface area contributed by atoms with E-state index < -0.39 is 24.3 Å². The topological polar surface area (TPSA) is 108 Å². The van der Waals surface area contributed by atoms with Crippen molar-refractivity contribution in [3.8, 4) is 0 Å². The first-order valence-electron chi connectivity index (χ1n) is 33.3. The third kappa shape index (κ3) is 64.8. The fourth-order valence-electron chi connectivity index (χ4n) is 8.87. The maximum absolute atomic E-state index is 12.9. The van der Waals surface area contributed by atoms with E-state index in [2.05, 4.69) is 148 Å². The van der Waals surface area contributed by atoms with Gasteiger partial charge in [0.15, 0.2) is 6.10 Å². The maximum atomic E-state index is 12.9. The van der Waals surface area contributed by atoms with Crippen LogP contribution in [-0.4, -0.2) is 87.4 Å². The van der Waals surface area contributed by atoms with Gasteiger partial charge in [0.25, 0.3) is 6.29 Å². The van der Waals surface area contributed by atoms with Gasteiger partial charge in [-0.25, -0.2) is 4.79 Å². The number of aliphatic carboxylic acids is 1. The number of esters is 2. The number of allylic oxidation sites excluding steroid dienone is 22. The molecular weight excluding hydrogens is 1030 g/mol. The lowest BCUT2D eigenvalue weighted by molar-refractivity contribution is -0.870. The third-order valence-corrected chi connectivity index (χ3v) is 13.9. The van der Waals surface area contributed by atoms with Gasteiger partial charge in [-0.1, -0.05) is 270 Å². The van der Waals surface area contributed by atoms with Crippen molar-refractivity contribution in [1.82, 2.24) is 0 Å². The highest BCUT2D eigenvalue weighted by molar-refractivity contribution is 5.71. The Balaban J connectivity index is 4.07. The highest BCUT2D eigenvalue weighted by Gasteiger charge is 2.25. The number of hydrogen-bond donors (Lipinski definition) is 1. The van der Waals surface area contributed by atoms with Crippen molar-refractivity contribution in [1.29, 1.82) is 0 Å². The predicted molar refractivity (Wildman–Crippen MR) is 354 cm³/mol. The second-order valence-corrected chi connectivity index (χ2v) is 23.0. The van der Waals surface area contributed by atoms with Gasteiger partial charge in [0.05, 0.1) is 34.4 Å². The van der Waals surface area contributed by atoms with Gasteiger partial charge in [-0.05, 0) is 109 Å². The van der Waals surface area contributed by atoms with Crippen LogP contribution in [0, 0.1) is 0 Å². The SMILES string of the molecule is CC/C=C\C/C=C\C/C=C\C/C=C\C/C=C\C/C=C\C/C=C\C/C=C\CCCCCCCCCCCCCCCCCCC(=O)OC(COC(=O)CCCCCCCCC/C=C\C/C=C\C/C=C\CC)COC(OCC[N+](C)(C)C)C(=O)O. The molecule has 0 aliphatic carbocycles. The summed E-state index contributed by atoms with van der Waals surface area (Å²) in [5.74, 6) is -2.02. The van der Waals surface area contributed by atoms with Gasteiger partial charge < -0.3 is 28.5 Å². The number of likely N-dealkylation sites (N-methyl/N-ethyl adjacent to an activating group) is 1. The summed E-state index contributed by atoms with van der Waals surface area (Å²) in [5, 5.41) is 9.72. The largest absolute Gasteiger partial charge is 0.477 e. The minimum Gasteiger partial charge on any atom is -0.477 e. The van der Waals surface area contributed by atoms with E-state index in [1.807, 2.05) is 21.1 Å². The number of rotatable bonds is 60. The molecule has 0 spiro atoms. The first-order chi connectivity index (χ1) is 40.6. The molecule has 0 amide bonds. The molecule has 0 aliphatic rings. The van der Waals surface area contributed by atoms with Crippen LogP contribution in [0.1, 0.15) is 258 Å². The monoisotopic (exact) mass is 1150 g/mol. The number of carbonyl (C=O) groups is 3. The Labute approximate surface area is 509 Å². The molecular formula is C74H124NO8+. The molecule has 83 heavy (non-hydrogen) atoms. The van der Waals surface area contributed by atoms with Crippen LogP contribution in [0.25, 0.3) is 0 Å². The number of carboxylic acids is 1. The second-order valence-electron chi connectivity index (χ2n) is 23.0. The summed E-state index contributed by atoms with van der Waals surface area (Å²) >= 11 is 0. The van der Waals surface area contributed by atoms with Crippen LogP contribution in [-0.2, 0) is 33.3 Å². The Bertz CT molecular complexity index is 1820. The van der Waals surface area contributed by atoms with E-state index in [-0.39, 0.29) is 38.6 Å². The number of hydrogen-bond acceptors (Lipinski definition) is 7. The summed E-state index contributed by atoms with van der Waals surface area (Å²) in [6.07, 6.45) is 88.5. The summed E-state index contributed by atoms with van der Waals surface area (Å²) in [4.78, 5) is 37.5. The average molecular weight is 1160 g/mol. The number of carbonyl (C=O) groups excluding carboxylic acids is 2. The smallest absolute Gasteiger partial charge is 0.361 e. The molecule has 0 bridgehead atoms. The number of nitrogens with zero attached hydrogens (tertiary/aromatic N) is 1. The van der Waals surface area contributed by atoms with E-state index in [1.165, 1.54) is 109 Å². The molecule has 0 radical (unpaired) electrons. The summed E-state index contributed by atoms with van der Waals surface area (Å²) in [7, 11) is 5.96. The number of carboxylic acid groups (broad SMARTS) is 1. The Kier molecular flexibility index (Phi) is 60.0. The molecule has 2 unspecified atom stereocenters. The molecule has 472 valence electrons. The van der Waals surface area contributed by atoms with Crippen molar-refractivity contribution >= 4 is 17.9 Å². The van der Waals surface area contributed by atoms with Crippen LogP contribution in [0.5, 0.6) is 0 Å². The van der Waals surface area contributed by atoms with Gasteiger partial charge in [-0.2, -0.15) is 0 Å². The van der Waals surface area contributed by atoms with Crippen molar-refractivity contribution in [2.45, 2.75) is 270 Å². The van der Waals surface area contributed by atoms with Crippen molar-refractivity contribution < 1.29 is 42.9 Å². The fourth-order valence-corrected chi connectivity index (χ4v) is 8.87. The van der Waals surface area contributed by atoms with Gasteiger partial charge in [0.1, 0.15) is 13.2 Å². The van der Waals surface area contributed by atoms with Gasteiger partial charge in [0, 0.05) is 12.8 Å². The fraction of sp³-hybridized carbons (Fsp3) is 0.662. The molecule has 0 saturated carbocycles. The van der Waals surface area contributed by atoms with Crippen molar-refractivity contribution in [2.24, 2.45) is 0 Å². The molecule has 0 saturated heterocycles. The number of ether oxygens (including phenoxy) is 4. The van der Waals surface area contributed by atoms with Gasteiger partial charge >= 0.3 is 17.9 Å². The van der Waals surface area contributed by atoms with Crippen LogP contribution in [0.15, 0.2) is 134 Å². The molecule has 9 heteroatoms. The van der Waals surface area contributed by atoms with Gasteiger partial charge in [-0.3, -0.25) is 9.59 Å². The lowest BCUT2D eigenvalue weighted by Crippen LogP contribution is -2.40. The average Bonchev–Trinajstić information content (AvgIpc) is 3.46. The van der Waals surface area contributed by atoms with Gasteiger partial charge in [-0.15, -0.1) is 0 Å². The van der Waals surface area contributed by atoms with Crippen molar-refractivity contribution in [2.75, 3.05) is 47.5 Å². The molecule has 0 heterocycles. The summed E-state index contributed by atoms with van der Waals surface area (Å²) in [5.41, 5.74) is 0. The lowest BCUT2D eigenvalue weighted by atomic mass is 10.0. The maximum Gasteiger partial charge on any atom is 0.361 e. The van der Waals surface area contributed by atoms with Crippen molar-refractivity contribution in [3.63, 3.8) is 0 Å². The van der Waals surface area contributed by atoms with Crippen LogP contribution in [0.2, 0.25) is 0 Å². The van der Waals surface area contributed by atoms with Crippen LogP contribution < -0.4 is 0 Å². The van der Waals surface area contributed by atoms with Gasteiger partial charge in [0.2, 0.25) is 0 Å². The summed E-state index contributed by atoms with van der Waals surface area (Å²) < 4.78 is 22.9. The second kappa shape index (κ2) is 63.5. The molecule has 0 rings (SSSR count). The van der Waals surface area contributed by atoms with E-state index >= 15 is 0 Å². The van der Waals surface area contributed by atoms with E-state index in [0.717, 1.165) is 116 Å². The first-order valence-corrected chi connectivity index (χ1v) is 33.3. The zero-order chi connectivity index (χ0) is 60.5. The minimum absolute atomic E-state index is 0.181. The molecule has 0 aromatic carbocycles. The normalized spacial score (nSPS) is 13.6. The molecule has 0 aliphatic heterocycles. The summed E-state index contributed by atoms with van der Waals surface area (Å²) in [6.45, 7) is 4.64. The van der Waals surface area contributed by atoms with E-state index in [1.54, 1.807) is 0 Å². The standard InChI is InChI=1S/C74H123NO8/c1-6-8-10-12-14-16-18-20-22-24-25-26-27-28-29-30-31-32-33-34-35-36-37-38-39-40-41-42-43-44-45-46-47-49-51-53-55-57-59-61-63-65-72(77)83-70(69-82-74(73(78)79)80-67-66-75(3,4)5)68-81-71(76)64-62-60-58-56-54-52-50-48-23-21-19-17-15-13-11-9-7-2/h8-11,14-17,20-23,25-26,28-29,31-32,34-35,37-38,70,74H,6-7,12-13,18-19,24,27,30,33,36,39-69H2,1-5H3/p+1/b10-8-,11-9-,16-14-,17-15-,22-20-,23-21-,26-25-,29-28-,32-31-,35-34-,38-37-. The quantitative estimate of drug-likeness (QED) is 0.0211. The lowest BCUT2D eigenvalue weighted by Gasteiger charge is -2.25. The molecule has 2 atom stereocenters. The number of unbranched alkanes of at least 4 members (excludes halogenated alkanes) is 23. The minimum atomic E-state index is -1.52. The van der Waals surface area contributed by atoms with Crippen LogP contribution in [0.4, 0.5) is 0 Å². The Morgan fingerprint density at radius 2 is 0.651 bits per heavy atom. The predicted octanol–water partition coefficient (Wildman–Crippen LogP) is 20.6. The number of quaternary nitrogens is 1. The van der Waals surface area contributed by atoms with Crippen molar-refractivity contribution in [3.05, 3.63) is 134 Å². The highest BCUT2D eigenvalue weighted by atomic mass is 16.7. The van der Waals surface area contributed by atoms with Crippen LogP contribution in [0.3, 0.4) is 0 Å². The van der Waals surface area contributed by atoms with Crippen LogP contribution >= 0.6 is 0 Å². The third-order valence-electron chi connectivity index (χ3n) is 13.9. The Morgan fingerprint density at radius 3 is 0.964 bits per heavy atom. The molecule has 9 nitrogen and oxygen atoms in total. The van der Waals surface area contributed by atoms with E-state index in [4.69, 9.17) is 18.9 Å². The zero-order valence-electron chi connectivity index (χ0n) is 53.8. The zero-order valence-corrected chi connectivity index (χ0v) is 53.8. The Hall–Kier alpha value is -4.57.